The molecule has 3 aromatic rings. The van der Waals surface area contributed by atoms with Crippen LogP contribution in [0, 0.1) is 6.92 Å². The molecule has 158 valence electrons. The lowest BCUT2D eigenvalue weighted by Crippen LogP contribution is -2.53. The molecule has 4 nitrogen and oxygen atoms in total. The zero-order chi connectivity index (χ0) is 22.0. The van der Waals surface area contributed by atoms with Crippen molar-refractivity contribution in [2.75, 3.05) is 5.01 Å². The van der Waals surface area contributed by atoms with E-state index in [0.29, 0.717) is 22.8 Å². The molecule has 0 radical (unpaired) electrons. The number of carbonyl (C=O) groups is 1. The van der Waals surface area contributed by atoms with Crippen LogP contribution in [-0.2, 0) is 11.2 Å². The van der Waals surface area contributed by atoms with Gasteiger partial charge in [-0.1, -0.05) is 69.5 Å². The van der Waals surface area contributed by atoms with Crippen LogP contribution in [-0.4, -0.2) is 22.3 Å². The minimum atomic E-state index is -1.56. The van der Waals surface area contributed by atoms with Gasteiger partial charge in [0.05, 0.1) is 11.4 Å². The quantitative estimate of drug-likeness (QED) is 0.476. The van der Waals surface area contributed by atoms with Crippen LogP contribution in [0.1, 0.15) is 29.5 Å². The minimum Gasteiger partial charge on any atom is -0.379 e. The highest BCUT2D eigenvalue weighted by atomic mass is 79.9. The van der Waals surface area contributed by atoms with Gasteiger partial charge >= 0.3 is 0 Å². The lowest BCUT2D eigenvalue weighted by molar-refractivity contribution is -0.137. The molecule has 1 unspecified atom stereocenters. The summed E-state index contributed by atoms with van der Waals surface area (Å²) < 4.78 is 0.904. The van der Waals surface area contributed by atoms with E-state index in [-0.39, 0.29) is 12.8 Å². The van der Waals surface area contributed by atoms with E-state index in [1.54, 1.807) is 0 Å². The third-order valence-electron chi connectivity index (χ3n) is 5.47. The average molecular weight is 498 g/mol. The molecule has 1 atom stereocenters. The van der Waals surface area contributed by atoms with E-state index in [1.165, 1.54) is 5.01 Å². The molecular formula is C25H22BrClN2O2. The molecule has 0 spiro atoms. The highest BCUT2D eigenvalue weighted by Crippen LogP contribution is 2.32. The summed E-state index contributed by atoms with van der Waals surface area (Å²) in [5.74, 6) is -0.417. The van der Waals surface area contributed by atoms with E-state index < -0.39 is 11.5 Å². The Labute approximate surface area is 195 Å². The molecule has 1 aliphatic rings. The monoisotopic (exact) mass is 496 g/mol. The average Bonchev–Trinajstić information content (AvgIpc) is 2.77. The first kappa shape index (κ1) is 21.8. The highest BCUT2D eigenvalue weighted by Gasteiger charge is 2.44. The summed E-state index contributed by atoms with van der Waals surface area (Å²) in [6.07, 6.45) is 0.996. The number of rotatable bonds is 5. The van der Waals surface area contributed by atoms with Gasteiger partial charge in [0.2, 0.25) is 0 Å². The minimum absolute atomic E-state index is 0.162. The van der Waals surface area contributed by atoms with Crippen LogP contribution in [0.3, 0.4) is 0 Å². The molecule has 4 rings (SSSR count). The number of hydrogen-bond acceptors (Lipinski definition) is 3. The Morgan fingerprint density at radius 3 is 2.32 bits per heavy atom. The predicted octanol–water partition coefficient (Wildman–Crippen LogP) is 5.92. The summed E-state index contributed by atoms with van der Waals surface area (Å²) in [4.78, 5) is 13.4. The molecule has 0 bridgehead atoms. The molecule has 1 aliphatic heterocycles. The first-order chi connectivity index (χ1) is 14.8. The number of hydrazone groups is 1. The normalized spacial score (nSPS) is 18.8. The van der Waals surface area contributed by atoms with Crippen LogP contribution in [0.25, 0.3) is 0 Å². The van der Waals surface area contributed by atoms with Crippen LogP contribution in [0.4, 0.5) is 5.69 Å². The van der Waals surface area contributed by atoms with Gasteiger partial charge in [-0.25, -0.2) is 0 Å². The maximum atomic E-state index is 13.4. The van der Waals surface area contributed by atoms with Crippen LogP contribution in [0.2, 0.25) is 5.02 Å². The van der Waals surface area contributed by atoms with Gasteiger partial charge in [0.1, 0.15) is 0 Å². The van der Waals surface area contributed by atoms with E-state index >= 15 is 0 Å². The predicted molar refractivity (Wildman–Crippen MR) is 129 cm³/mol. The van der Waals surface area contributed by atoms with Gasteiger partial charge in [-0.05, 0) is 67.3 Å². The van der Waals surface area contributed by atoms with Crippen LogP contribution >= 0.6 is 27.5 Å². The zero-order valence-electron chi connectivity index (χ0n) is 17.1. The summed E-state index contributed by atoms with van der Waals surface area (Å²) in [6, 6.07) is 22.7. The second kappa shape index (κ2) is 8.95. The summed E-state index contributed by atoms with van der Waals surface area (Å²) in [5.41, 5.74) is 2.78. The summed E-state index contributed by atoms with van der Waals surface area (Å²) >= 11 is 9.40. The SMILES string of the molecule is Cc1ccc(C2=NN(c3ccc(Br)cc3)C(=O)C(O)(CCc3ccc(Cl)cc3)C2)cc1. The Kier molecular flexibility index (Phi) is 6.28. The molecule has 0 saturated heterocycles. The number of carbonyl (C=O) groups excluding carboxylic acids is 1. The molecule has 0 saturated carbocycles. The zero-order valence-corrected chi connectivity index (χ0v) is 19.4. The molecule has 0 aliphatic carbocycles. The Hall–Kier alpha value is -2.47. The number of anilines is 1. The van der Waals surface area contributed by atoms with Gasteiger partial charge in [-0.3, -0.25) is 4.79 Å². The van der Waals surface area contributed by atoms with Gasteiger partial charge in [0.25, 0.3) is 5.91 Å². The van der Waals surface area contributed by atoms with Crippen LogP contribution < -0.4 is 5.01 Å². The fraction of sp³-hybridized carbons (Fsp3) is 0.200. The van der Waals surface area contributed by atoms with Crippen molar-refractivity contribution in [3.8, 4) is 0 Å². The maximum Gasteiger partial charge on any atom is 0.279 e. The summed E-state index contributed by atoms with van der Waals surface area (Å²) in [7, 11) is 0. The van der Waals surface area contributed by atoms with Crippen molar-refractivity contribution in [2.45, 2.75) is 31.8 Å². The van der Waals surface area contributed by atoms with E-state index in [1.807, 2.05) is 79.7 Å². The number of aryl methyl sites for hydroxylation is 2. The smallest absolute Gasteiger partial charge is 0.279 e. The molecule has 3 aromatic carbocycles. The van der Waals surface area contributed by atoms with Crippen molar-refractivity contribution in [3.63, 3.8) is 0 Å². The van der Waals surface area contributed by atoms with Crippen LogP contribution in [0.5, 0.6) is 0 Å². The van der Waals surface area contributed by atoms with Crippen molar-refractivity contribution >= 4 is 44.8 Å². The number of amides is 1. The first-order valence-corrected chi connectivity index (χ1v) is 11.2. The Balaban J connectivity index is 1.68. The van der Waals surface area contributed by atoms with Gasteiger partial charge in [-0.2, -0.15) is 10.1 Å². The Morgan fingerprint density at radius 1 is 1.03 bits per heavy atom. The lowest BCUT2D eigenvalue weighted by atomic mass is 9.85. The van der Waals surface area contributed by atoms with Crippen molar-refractivity contribution in [3.05, 3.63) is 99.0 Å². The largest absolute Gasteiger partial charge is 0.379 e. The standard InChI is InChI=1S/C25H22BrClN2O2/c1-17-2-6-19(7-3-17)23-16-25(31,15-14-18-4-10-21(27)11-5-18)24(30)29(28-23)22-12-8-20(26)9-13-22/h2-13,31H,14-16H2,1H3. The molecule has 6 heteroatoms. The molecule has 1 amide bonds. The third-order valence-corrected chi connectivity index (χ3v) is 6.25. The summed E-state index contributed by atoms with van der Waals surface area (Å²) in [5, 5.41) is 18.1. The Morgan fingerprint density at radius 2 is 1.68 bits per heavy atom. The van der Waals surface area contributed by atoms with Gasteiger partial charge in [0.15, 0.2) is 5.60 Å². The molecular weight excluding hydrogens is 476 g/mol. The third kappa shape index (κ3) is 4.90. The lowest BCUT2D eigenvalue weighted by Gasteiger charge is -2.36. The number of benzene rings is 3. The van der Waals surface area contributed by atoms with Gasteiger partial charge in [0, 0.05) is 15.9 Å². The topological polar surface area (TPSA) is 52.9 Å². The molecule has 31 heavy (non-hydrogen) atoms. The molecule has 1 N–H and O–H groups in total. The van der Waals surface area contributed by atoms with E-state index in [0.717, 1.165) is 21.2 Å². The molecule has 1 heterocycles. The van der Waals surface area contributed by atoms with Gasteiger partial charge in [-0.15, -0.1) is 0 Å². The number of aliphatic hydroxyl groups is 1. The van der Waals surface area contributed by atoms with Crippen molar-refractivity contribution < 1.29 is 9.90 Å². The van der Waals surface area contributed by atoms with Crippen molar-refractivity contribution in [2.24, 2.45) is 5.10 Å². The van der Waals surface area contributed by atoms with Crippen molar-refractivity contribution in [1.82, 2.24) is 0 Å². The Bertz CT molecular complexity index is 1110. The molecule has 0 fully saturated rings. The number of hydrogen-bond donors (Lipinski definition) is 1. The number of nitrogens with zero attached hydrogens (tertiary/aromatic N) is 2. The second-order valence-corrected chi connectivity index (χ2v) is 9.19. The van der Waals surface area contributed by atoms with E-state index in [4.69, 9.17) is 11.6 Å². The van der Waals surface area contributed by atoms with Crippen molar-refractivity contribution in [1.29, 1.82) is 0 Å². The molecule has 0 aromatic heterocycles. The maximum absolute atomic E-state index is 13.4. The fourth-order valence-electron chi connectivity index (χ4n) is 3.61. The second-order valence-electron chi connectivity index (χ2n) is 7.84. The van der Waals surface area contributed by atoms with Crippen LogP contribution in [0.15, 0.2) is 82.4 Å². The first-order valence-electron chi connectivity index (χ1n) is 10.1. The van der Waals surface area contributed by atoms with E-state index in [9.17, 15) is 9.90 Å². The number of halogens is 2. The summed E-state index contributed by atoms with van der Waals surface area (Å²) in [6.45, 7) is 2.02. The van der Waals surface area contributed by atoms with E-state index in [2.05, 4.69) is 21.0 Å². The highest BCUT2D eigenvalue weighted by molar-refractivity contribution is 9.10. The fourth-order valence-corrected chi connectivity index (χ4v) is 4.00. The van der Waals surface area contributed by atoms with Gasteiger partial charge < -0.3 is 5.11 Å².